The lowest BCUT2D eigenvalue weighted by Crippen LogP contribution is -2.07. The third kappa shape index (κ3) is 2.73. The molecule has 1 aromatic heterocycles. The molecule has 0 spiro atoms. The van der Waals surface area contributed by atoms with Gasteiger partial charge in [-0.25, -0.2) is 4.79 Å². The Morgan fingerprint density at radius 2 is 2.24 bits per heavy atom. The molecule has 0 fully saturated rings. The van der Waals surface area contributed by atoms with Crippen molar-refractivity contribution in [1.29, 1.82) is 0 Å². The van der Waals surface area contributed by atoms with E-state index in [9.17, 15) is 4.79 Å². The molecule has 0 radical (unpaired) electrons. The van der Waals surface area contributed by atoms with Crippen molar-refractivity contribution >= 4 is 23.5 Å². The third-order valence-corrected chi connectivity index (χ3v) is 2.38. The molecule has 0 aliphatic heterocycles. The first-order valence-electron chi connectivity index (χ1n) is 4.75. The first kappa shape index (κ1) is 11.4. The van der Waals surface area contributed by atoms with E-state index in [0.717, 1.165) is 5.56 Å². The smallest absolute Gasteiger partial charge is 0.376 e. The van der Waals surface area contributed by atoms with Crippen LogP contribution in [0.2, 0.25) is 5.02 Å². The minimum absolute atomic E-state index is 0.00491. The number of nitrogen functional groups attached to an aromatic ring is 1. The van der Waals surface area contributed by atoms with Gasteiger partial charge in [-0.1, -0.05) is 29.8 Å². The van der Waals surface area contributed by atoms with Crippen LogP contribution in [0, 0.1) is 0 Å². The number of nitrogens with two attached hydrogens (primary N) is 1. The van der Waals surface area contributed by atoms with E-state index in [1.807, 2.05) is 6.07 Å². The molecule has 2 rings (SSSR count). The molecule has 0 unspecified atom stereocenters. The Labute approximate surface area is 102 Å². The van der Waals surface area contributed by atoms with E-state index in [-0.39, 0.29) is 18.4 Å². The average Bonchev–Trinajstić information content (AvgIpc) is 2.74. The molecule has 17 heavy (non-hydrogen) atoms. The molecule has 2 aromatic rings. The molecule has 1 aromatic carbocycles. The number of H-pyrrole nitrogens is 1. The van der Waals surface area contributed by atoms with Gasteiger partial charge in [0.05, 0.1) is 0 Å². The molecular weight excluding hydrogens is 244 g/mol. The monoisotopic (exact) mass is 252 g/mol. The van der Waals surface area contributed by atoms with Crippen molar-refractivity contribution in [3.05, 3.63) is 40.7 Å². The fourth-order valence-electron chi connectivity index (χ4n) is 1.19. The number of halogens is 1. The van der Waals surface area contributed by atoms with E-state index < -0.39 is 5.97 Å². The van der Waals surface area contributed by atoms with Crippen molar-refractivity contribution < 1.29 is 9.53 Å². The molecule has 0 aliphatic carbocycles. The maximum atomic E-state index is 11.5. The number of esters is 1. The van der Waals surface area contributed by atoms with Crippen molar-refractivity contribution in [2.45, 2.75) is 6.61 Å². The van der Waals surface area contributed by atoms with Gasteiger partial charge in [-0.3, -0.25) is 5.10 Å². The summed E-state index contributed by atoms with van der Waals surface area (Å²) in [5, 5.41) is 6.43. The third-order valence-electron chi connectivity index (χ3n) is 2.01. The van der Waals surface area contributed by atoms with Crippen LogP contribution >= 0.6 is 11.6 Å². The van der Waals surface area contributed by atoms with Crippen LogP contribution in [0.25, 0.3) is 0 Å². The van der Waals surface area contributed by atoms with Gasteiger partial charge >= 0.3 is 5.97 Å². The Morgan fingerprint density at radius 3 is 2.88 bits per heavy atom. The summed E-state index contributed by atoms with van der Waals surface area (Å²) in [4.78, 5) is 15.1. The molecule has 0 amide bonds. The maximum absolute atomic E-state index is 11.5. The maximum Gasteiger partial charge on any atom is 0.376 e. The highest BCUT2D eigenvalue weighted by Gasteiger charge is 2.12. The van der Waals surface area contributed by atoms with Crippen LogP contribution in [-0.4, -0.2) is 21.2 Å². The topological polar surface area (TPSA) is 93.9 Å². The highest BCUT2D eigenvalue weighted by atomic mass is 35.5. The molecule has 7 heteroatoms. The summed E-state index contributed by atoms with van der Waals surface area (Å²) < 4.78 is 5.00. The second kappa shape index (κ2) is 4.84. The Kier molecular flexibility index (Phi) is 3.24. The van der Waals surface area contributed by atoms with Crippen molar-refractivity contribution in [2.75, 3.05) is 5.73 Å². The van der Waals surface area contributed by atoms with E-state index in [1.54, 1.807) is 18.2 Å². The van der Waals surface area contributed by atoms with Crippen LogP contribution in [0.1, 0.15) is 16.2 Å². The number of rotatable bonds is 3. The fourth-order valence-corrected chi connectivity index (χ4v) is 1.38. The van der Waals surface area contributed by atoms with E-state index in [2.05, 4.69) is 15.2 Å². The predicted octanol–water partition coefficient (Wildman–Crippen LogP) is 1.40. The van der Waals surface area contributed by atoms with Gasteiger partial charge in [-0.2, -0.15) is 4.98 Å². The molecule has 0 atom stereocenters. The molecule has 88 valence electrons. The number of carbonyl (C=O) groups excluding carboxylic acids is 1. The lowest BCUT2D eigenvalue weighted by molar-refractivity contribution is 0.0459. The average molecular weight is 253 g/mol. The number of aromatic nitrogens is 3. The van der Waals surface area contributed by atoms with E-state index in [1.165, 1.54) is 0 Å². The molecule has 6 nitrogen and oxygen atoms in total. The summed E-state index contributed by atoms with van der Waals surface area (Å²) in [7, 11) is 0. The lowest BCUT2D eigenvalue weighted by atomic mass is 10.2. The van der Waals surface area contributed by atoms with Gasteiger partial charge in [0, 0.05) is 10.6 Å². The highest BCUT2D eigenvalue weighted by molar-refractivity contribution is 6.31. The van der Waals surface area contributed by atoms with Crippen LogP contribution in [0.15, 0.2) is 24.3 Å². The van der Waals surface area contributed by atoms with Gasteiger partial charge in [0.25, 0.3) is 0 Å². The summed E-state index contributed by atoms with van der Waals surface area (Å²) in [6.45, 7) is 0.0686. The fraction of sp³-hybridized carbons (Fsp3) is 0.100. The minimum atomic E-state index is -0.630. The van der Waals surface area contributed by atoms with Crippen LogP contribution in [0.5, 0.6) is 0 Å². The van der Waals surface area contributed by atoms with E-state index in [0.29, 0.717) is 5.02 Å². The summed E-state index contributed by atoms with van der Waals surface area (Å²) in [5.74, 6) is -0.668. The summed E-state index contributed by atoms with van der Waals surface area (Å²) >= 11 is 5.91. The van der Waals surface area contributed by atoms with Gasteiger partial charge in [-0.05, 0) is 6.07 Å². The van der Waals surface area contributed by atoms with Gasteiger partial charge in [-0.15, -0.1) is 5.10 Å². The molecule has 3 N–H and O–H groups in total. The van der Waals surface area contributed by atoms with Gasteiger partial charge < -0.3 is 10.5 Å². The minimum Gasteiger partial charge on any atom is -0.455 e. The van der Waals surface area contributed by atoms with E-state index >= 15 is 0 Å². The second-order valence-corrected chi connectivity index (χ2v) is 3.62. The largest absolute Gasteiger partial charge is 0.455 e. The number of hydrogen-bond acceptors (Lipinski definition) is 5. The first-order valence-corrected chi connectivity index (χ1v) is 5.13. The molecule has 0 saturated carbocycles. The van der Waals surface area contributed by atoms with Crippen molar-refractivity contribution in [1.82, 2.24) is 15.2 Å². The molecule has 0 bridgehead atoms. The lowest BCUT2D eigenvalue weighted by Gasteiger charge is -2.04. The number of anilines is 1. The number of nitrogens with zero attached hydrogens (tertiary/aromatic N) is 2. The zero-order valence-corrected chi connectivity index (χ0v) is 9.44. The predicted molar refractivity (Wildman–Crippen MR) is 61.4 cm³/mol. The van der Waals surface area contributed by atoms with Crippen LogP contribution in [0.4, 0.5) is 5.95 Å². The Balaban J connectivity index is 1.99. The first-order chi connectivity index (χ1) is 8.16. The molecule has 0 aliphatic rings. The van der Waals surface area contributed by atoms with Crippen molar-refractivity contribution in [3.63, 3.8) is 0 Å². The van der Waals surface area contributed by atoms with Crippen LogP contribution in [0.3, 0.4) is 0 Å². The number of ether oxygens (including phenoxy) is 1. The second-order valence-electron chi connectivity index (χ2n) is 3.21. The zero-order valence-electron chi connectivity index (χ0n) is 8.68. The van der Waals surface area contributed by atoms with Crippen LogP contribution in [-0.2, 0) is 11.3 Å². The van der Waals surface area contributed by atoms with Crippen molar-refractivity contribution in [2.24, 2.45) is 0 Å². The molecule has 1 heterocycles. The highest BCUT2D eigenvalue weighted by Crippen LogP contribution is 2.16. The normalized spacial score (nSPS) is 10.2. The standard InChI is InChI=1S/C10H9ClN4O2/c11-7-4-2-1-3-6(7)5-17-9(16)8-13-10(12)15-14-8/h1-4H,5H2,(H3,12,13,14,15). The number of benzene rings is 1. The summed E-state index contributed by atoms with van der Waals surface area (Å²) in [6, 6.07) is 7.09. The van der Waals surface area contributed by atoms with Gasteiger partial charge in [0.1, 0.15) is 6.61 Å². The van der Waals surface area contributed by atoms with Gasteiger partial charge in [0.15, 0.2) is 0 Å². The molecular formula is C10H9ClN4O2. The number of carbonyl (C=O) groups is 1. The summed E-state index contributed by atoms with van der Waals surface area (Å²) in [6.07, 6.45) is 0. The zero-order chi connectivity index (χ0) is 12.3. The van der Waals surface area contributed by atoms with Gasteiger partial charge in [0.2, 0.25) is 11.8 Å². The van der Waals surface area contributed by atoms with Crippen molar-refractivity contribution in [3.8, 4) is 0 Å². The Morgan fingerprint density at radius 1 is 1.47 bits per heavy atom. The van der Waals surface area contributed by atoms with Crippen LogP contribution < -0.4 is 5.73 Å². The molecule has 0 saturated heterocycles. The quantitative estimate of drug-likeness (QED) is 0.805. The van der Waals surface area contributed by atoms with E-state index in [4.69, 9.17) is 22.1 Å². The number of hydrogen-bond donors (Lipinski definition) is 2. The number of aromatic amines is 1. The Bertz CT molecular complexity index is 541. The number of nitrogens with one attached hydrogen (secondary N) is 1. The SMILES string of the molecule is Nc1n[nH]c(C(=O)OCc2ccccc2Cl)n1. The Hall–Kier alpha value is -2.08. The summed E-state index contributed by atoms with van der Waals surface area (Å²) in [5.41, 5.74) is 5.98.